The number of nitrogens with two attached hydrogens (primary N) is 1. The Kier molecular flexibility index (Phi) is 16.5. The highest BCUT2D eigenvalue weighted by molar-refractivity contribution is 5.98. The number of nitrogens with zero attached hydrogens (tertiary/aromatic N) is 2. The van der Waals surface area contributed by atoms with Crippen LogP contribution in [0, 0.1) is 12.7 Å². The molecule has 0 radical (unpaired) electrons. The minimum absolute atomic E-state index is 0.0904. The van der Waals surface area contributed by atoms with Crippen LogP contribution in [0.15, 0.2) is 57.8 Å². The van der Waals surface area contributed by atoms with E-state index in [1.807, 2.05) is 27.7 Å². The fraction of sp³-hybridized carbons (Fsp3) is 0.400. The first kappa shape index (κ1) is 31.8. The molecule has 8 heteroatoms. The van der Waals surface area contributed by atoms with Gasteiger partial charge in [-0.05, 0) is 44.0 Å². The molecule has 0 aliphatic heterocycles. The Balaban J connectivity index is 0. The molecule has 0 aromatic heterocycles. The van der Waals surface area contributed by atoms with Crippen molar-refractivity contribution in [1.82, 2.24) is 4.90 Å². The number of primary amides is 1. The molecule has 7 nitrogen and oxygen atoms in total. The topological polar surface area (TPSA) is 97.0 Å². The van der Waals surface area contributed by atoms with Crippen molar-refractivity contribution in [3.8, 4) is 0 Å². The summed E-state index contributed by atoms with van der Waals surface area (Å²) >= 11 is 0. The van der Waals surface area contributed by atoms with Gasteiger partial charge in [0.05, 0.1) is 11.9 Å². The second-order valence-electron chi connectivity index (χ2n) is 6.61. The van der Waals surface area contributed by atoms with Crippen LogP contribution in [0.5, 0.6) is 0 Å². The molecule has 0 heterocycles. The molecule has 0 aliphatic rings. The minimum Gasteiger partial charge on any atom is -0.455 e. The van der Waals surface area contributed by atoms with Crippen LogP contribution in [-0.4, -0.2) is 44.5 Å². The first-order valence-corrected chi connectivity index (χ1v) is 10.8. The van der Waals surface area contributed by atoms with Gasteiger partial charge in [0.25, 0.3) is 5.91 Å². The van der Waals surface area contributed by atoms with E-state index in [1.54, 1.807) is 54.0 Å². The number of carbonyl (C=O) groups excluding carboxylic acids is 2. The molecule has 0 spiro atoms. The van der Waals surface area contributed by atoms with Gasteiger partial charge < -0.3 is 20.7 Å². The van der Waals surface area contributed by atoms with Crippen LogP contribution in [0.4, 0.5) is 10.1 Å². The minimum atomic E-state index is -0.858. The summed E-state index contributed by atoms with van der Waals surface area (Å²) in [4.78, 5) is 29.0. The number of amides is 1. The third-order valence-electron chi connectivity index (χ3n) is 3.73. The molecule has 0 atom stereocenters. The van der Waals surface area contributed by atoms with Crippen LogP contribution in [0.2, 0.25) is 0 Å². The predicted octanol–water partition coefficient (Wildman–Crippen LogP) is 4.95. The number of halogens is 1. The molecular formula is C25H39FN4O3. The largest absolute Gasteiger partial charge is 0.455 e. The molecule has 0 saturated heterocycles. The zero-order chi connectivity index (χ0) is 26.1. The van der Waals surface area contributed by atoms with E-state index in [-0.39, 0.29) is 22.8 Å². The number of aryl methyl sites for hydroxylation is 1. The number of hydrogen-bond acceptors (Lipinski definition) is 6. The fourth-order valence-electron chi connectivity index (χ4n) is 2.33. The van der Waals surface area contributed by atoms with Crippen LogP contribution in [-0.2, 0) is 14.3 Å². The van der Waals surface area contributed by atoms with Crippen molar-refractivity contribution in [3.05, 3.63) is 64.1 Å². The van der Waals surface area contributed by atoms with Crippen LogP contribution in [0.3, 0.4) is 0 Å². The first-order valence-electron chi connectivity index (χ1n) is 10.8. The summed E-state index contributed by atoms with van der Waals surface area (Å²) < 4.78 is 20.1. The quantitative estimate of drug-likeness (QED) is 0.178. The van der Waals surface area contributed by atoms with Crippen molar-refractivity contribution in [3.63, 3.8) is 0 Å². The van der Waals surface area contributed by atoms with Crippen molar-refractivity contribution in [2.75, 3.05) is 26.5 Å². The predicted molar refractivity (Wildman–Crippen MR) is 135 cm³/mol. The molecule has 1 aromatic carbocycles. The molecule has 33 heavy (non-hydrogen) atoms. The first-order chi connectivity index (χ1) is 15.6. The van der Waals surface area contributed by atoms with E-state index in [1.165, 1.54) is 17.2 Å². The zero-order valence-electron chi connectivity index (χ0n) is 21.5. The number of anilines is 1. The van der Waals surface area contributed by atoms with Crippen LogP contribution >= 0.6 is 0 Å². The highest BCUT2D eigenvalue weighted by atomic mass is 19.1. The van der Waals surface area contributed by atoms with Crippen molar-refractivity contribution in [1.29, 1.82) is 0 Å². The molecule has 0 fully saturated rings. The fourth-order valence-corrected chi connectivity index (χ4v) is 2.33. The Morgan fingerprint density at radius 3 is 2.15 bits per heavy atom. The standard InChI is InChI=1S/C21H27FN4O3.2C2H6/c1-13(2)18(12-24-4)29-17(9-10-27)19(20(23)28)21(26(5)6)25-16-8-7-14(3)11-15(16)22;2*1-2/h7-12,25H,1-6H3,(H2,23,28);2*1-2H3/b17-9+,21-19+,24-12?;;. The number of benzene rings is 1. The molecular weight excluding hydrogens is 423 g/mol. The van der Waals surface area contributed by atoms with E-state index >= 15 is 0 Å². The second-order valence-corrected chi connectivity index (χ2v) is 6.61. The molecule has 0 unspecified atom stereocenters. The summed E-state index contributed by atoms with van der Waals surface area (Å²) in [7, 11) is 4.85. The van der Waals surface area contributed by atoms with Crippen molar-refractivity contribution in [2.45, 2.75) is 48.5 Å². The molecule has 0 saturated carbocycles. The summed E-state index contributed by atoms with van der Waals surface area (Å²) in [5.41, 5.74) is 7.13. The van der Waals surface area contributed by atoms with Gasteiger partial charge in [-0.2, -0.15) is 0 Å². The van der Waals surface area contributed by atoms with Gasteiger partial charge in [-0.15, -0.1) is 0 Å². The maximum Gasteiger partial charge on any atom is 0.256 e. The summed E-state index contributed by atoms with van der Waals surface area (Å²) in [5, 5.41) is 2.87. The van der Waals surface area contributed by atoms with E-state index < -0.39 is 11.7 Å². The average Bonchev–Trinajstić information content (AvgIpc) is 2.76. The molecule has 1 aromatic rings. The van der Waals surface area contributed by atoms with Gasteiger partial charge in [-0.25, -0.2) is 4.39 Å². The van der Waals surface area contributed by atoms with E-state index in [2.05, 4.69) is 10.3 Å². The summed E-state index contributed by atoms with van der Waals surface area (Å²) in [6.45, 7) is 13.3. The highest BCUT2D eigenvalue weighted by Gasteiger charge is 2.23. The molecule has 3 N–H and O–H groups in total. The van der Waals surface area contributed by atoms with E-state index in [9.17, 15) is 14.0 Å². The van der Waals surface area contributed by atoms with Crippen LogP contribution in [0.1, 0.15) is 47.1 Å². The van der Waals surface area contributed by atoms with Gasteiger partial charge in [0.1, 0.15) is 35.0 Å². The number of carbonyl (C=O) groups is 2. The van der Waals surface area contributed by atoms with E-state index in [4.69, 9.17) is 10.5 Å². The van der Waals surface area contributed by atoms with E-state index in [0.717, 1.165) is 17.2 Å². The lowest BCUT2D eigenvalue weighted by Gasteiger charge is -2.24. The average molecular weight is 463 g/mol. The number of ether oxygens (including phenoxy) is 1. The SMILES string of the molecule is CC.CC.CN=CC(OC(=C/C=O)/C(C(N)=O)=C(/Nc1ccc(C)cc1F)N(C)C)=C(C)C. The molecule has 1 amide bonds. The lowest BCUT2D eigenvalue weighted by molar-refractivity contribution is -0.114. The molecule has 0 aliphatic carbocycles. The Bertz CT molecular complexity index is 897. The summed E-state index contributed by atoms with van der Waals surface area (Å²) in [6, 6.07) is 4.62. The number of aliphatic imine (C=N–C) groups is 1. The Hall–Kier alpha value is -3.42. The van der Waals surface area contributed by atoms with E-state index in [0.29, 0.717) is 12.0 Å². The number of allylic oxidation sites excluding steroid dienone is 3. The number of hydrogen-bond donors (Lipinski definition) is 2. The highest BCUT2D eigenvalue weighted by Crippen LogP contribution is 2.24. The number of nitrogens with one attached hydrogen (secondary N) is 1. The van der Waals surface area contributed by atoms with Gasteiger partial charge in [-0.3, -0.25) is 14.6 Å². The van der Waals surface area contributed by atoms with Crippen molar-refractivity contribution < 1.29 is 18.7 Å². The maximum absolute atomic E-state index is 14.4. The number of rotatable bonds is 9. The van der Waals surface area contributed by atoms with Gasteiger partial charge in [0.15, 0.2) is 0 Å². The van der Waals surface area contributed by atoms with Crippen LogP contribution in [0.25, 0.3) is 0 Å². The lowest BCUT2D eigenvalue weighted by Crippen LogP contribution is -2.28. The van der Waals surface area contributed by atoms with Gasteiger partial charge in [0, 0.05) is 27.2 Å². The summed E-state index contributed by atoms with van der Waals surface area (Å²) in [5.74, 6) is -0.942. The van der Waals surface area contributed by atoms with Gasteiger partial charge >= 0.3 is 0 Å². The number of aldehydes is 1. The molecule has 1 rings (SSSR count). The summed E-state index contributed by atoms with van der Waals surface area (Å²) in [6.07, 6.45) is 3.00. The van der Waals surface area contributed by atoms with Crippen molar-refractivity contribution >= 4 is 24.1 Å². The van der Waals surface area contributed by atoms with Gasteiger partial charge in [-0.1, -0.05) is 33.8 Å². The molecule has 0 bridgehead atoms. The normalized spacial score (nSPS) is 11.2. The monoisotopic (exact) mass is 462 g/mol. The Morgan fingerprint density at radius 2 is 1.76 bits per heavy atom. The van der Waals surface area contributed by atoms with Crippen LogP contribution < -0.4 is 11.1 Å². The Morgan fingerprint density at radius 1 is 1.18 bits per heavy atom. The zero-order valence-corrected chi connectivity index (χ0v) is 21.5. The van der Waals surface area contributed by atoms with Crippen molar-refractivity contribution in [2.24, 2.45) is 10.7 Å². The molecule has 184 valence electrons. The lowest BCUT2D eigenvalue weighted by atomic mass is 10.1. The van der Waals surface area contributed by atoms with Gasteiger partial charge in [0.2, 0.25) is 0 Å². The smallest absolute Gasteiger partial charge is 0.256 e. The third kappa shape index (κ3) is 10.6. The second kappa shape index (κ2) is 17.2. The third-order valence-corrected chi connectivity index (χ3v) is 3.73. The Labute approximate surface area is 197 Å². The maximum atomic E-state index is 14.4.